The zero-order chi connectivity index (χ0) is 84.3. The van der Waals surface area contributed by atoms with Crippen LogP contribution in [0.4, 0.5) is 0 Å². The molecule has 31 heteroatoms. The fraction of sp³-hybridized carbons (Fsp3) is 0.783. The molecular weight excluding hydrogens is 1470 g/mol. The van der Waals surface area contributed by atoms with Crippen LogP contribution in [0.1, 0.15) is 216 Å². The van der Waals surface area contributed by atoms with Crippen LogP contribution in [0.15, 0.2) is 30.3 Å². The summed E-state index contributed by atoms with van der Waals surface area (Å²) in [5, 5.41) is 44.7. The SMILES string of the molecule is CCCCCCCCC(=O)N[C@@H](CCC)C(=O)C[C@H](C(=O)N[C@@H](CCNC(=O)CCOCCOCCOCCOCCOCCOCCOCCOCCN)C(=O)C[C@H]1CCNC(=O)[C@H]([C@@H](C)O)CC(=O)[C@H](CCC)NC(=O)[C@H](CCC)NC(=O)[C@H](CC(C)C)NC(=O)[C@@H](Cc2ccccc2)CC(=O)[C@H](CCC)NC1=O)[C@@H](C)O. The lowest BCUT2D eigenvalue weighted by Gasteiger charge is -2.28. The molecule has 1 saturated heterocycles. The Hall–Kier alpha value is -6.78. The molecule has 8 amide bonds. The lowest BCUT2D eigenvalue weighted by molar-refractivity contribution is -0.137. The van der Waals surface area contributed by atoms with Gasteiger partial charge in [0.25, 0.3) is 0 Å². The number of benzene rings is 1. The van der Waals surface area contributed by atoms with E-state index < -0.39 is 162 Å². The van der Waals surface area contributed by atoms with Crippen LogP contribution in [0.3, 0.4) is 0 Å². The van der Waals surface area contributed by atoms with Gasteiger partial charge in [-0.25, -0.2) is 0 Å². The number of hydrogen-bond acceptors (Lipinski definition) is 23. The Kier molecular flexibility index (Phi) is 58.3. The van der Waals surface area contributed by atoms with Crippen LogP contribution in [0, 0.1) is 29.6 Å². The Balaban J connectivity index is 2.50. The summed E-state index contributed by atoms with van der Waals surface area (Å²) in [6.45, 7) is 21.2. The number of Topliss-reactive ketones (excluding diaryl/α,β-unsaturated/α-hetero) is 4. The molecule has 2 rings (SSSR count). The molecule has 1 aliphatic rings. The third-order valence-corrected chi connectivity index (χ3v) is 19.4. The number of aliphatic hydroxyl groups is 2. The van der Waals surface area contributed by atoms with Gasteiger partial charge in [0.15, 0.2) is 23.1 Å². The number of hydrogen-bond donors (Lipinski definition) is 11. The van der Waals surface area contributed by atoms with E-state index in [9.17, 15) is 58.2 Å². The molecule has 1 aliphatic heterocycles. The van der Waals surface area contributed by atoms with E-state index >= 15 is 9.59 Å². The lowest BCUT2D eigenvalue weighted by Crippen LogP contribution is -2.56. The van der Waals surface area contributed by atoms with Crippen molar-refractivity contribution in [2.45, 2.75) is 265 Å². The molecule has 0 spiro atoms. The number of ether oxygens (including phenoxy) is 8. The molecule has 12 N–H and O–H groups in total. The number of nitrogens with two attached hydrogens (primary N) is 1. The maximum absolute atomic E-state index is 15.2. The molecule has 0 aliphatic carbocycles. The summed E-state index contributed by atoms with van der Waals surface area (Å²) in [5.41, 5.74) is 6.07. The number of ketones is 4. The maximum Gasteiger partial charge on any atom is 0.243 e. The summed E-state index contributed by atoms with van der Waals surface area (Å²) in [4.78, 5) is 173. The van der Waals surface area contributed by atoms with Gasteiger partial charge >= 0.3 is 0 Å². The average molecular weight is 1620 g/mol. The monoisotopic (exact) mass is 1620 g/mol. The van der Waals surface area contributed by atoms with E-state index in [0.29, 0.717) is 123 Å². The standard InChI is InChI=1S/C83H143N9O22/c1-10-15-16-17-18-22-29-77(100)87-66(23-11-2)74(97)57-65(60(9)94)81(104)89-69(31-35-85-76(99)32-36-107-38-40-109-42-44-111-46-48-113-50-51-114-49-47-112-45-43-110-41-39-108-37-33-84)72(95)54-62-30-34-86-80(103)64(59(8)93)56-75(98)68(25-13-4)90-82(105)70(26-14-5)91-83(106)71(52-58(6)7)92-79(102)63(53-61-27-20-19-21-28-61)55-73(96)67(24-12-3)88-78(62)101/h19-21,27-28,58-60,62-71,93-94H,10-18,22-26,29-57,84H2,1-9H3,(H,85,99)(H,86,103)(H,87,100)(H,88,101)(H,89,104)(H,90,105)(H,91,106)(H,92,102)/t59-,60-,62-,63+,64+,65+,66+,67+,68+,69+,70+,71+/m1/s1. The second kappa shape index (κ2) is 64.3. The quantitative estimate of drug-likeness (QED) is 0.0393. The van der Waals surface area contributed by atoms with Gasteiger partial charge < -0.3 is 96.4 Å². The number of unbranched alkanes of at least 4 members (excludes halogenated alkanes) is 5. The van der Waals surface area contributed by atoms with Crippen LogP contribution in [-0.2, 0) is 102 Å². The fourth-order valence-corrected chi connectivity index (χ4v) is 12.9. The Morgan fingerprint density at radius 3 is 1.48 bits per heavy atom. The largest absolute Gasteiger partial charge is 0.393 e. The summed E-state index contributed by atoms with van der Waals surface area (Å²) in [6.07, 6.45) is 2.57. The molecule has 1 aromatic carbocycles. The molecule has 1 fully saturated rings. The summed E-state index contributed by atoms with van der Waals surface area (Å²) < 4.78 is 44.0. The van der Waals surface area contributed by atoms with Crippen molar-refractivity contribution < 1.29 is 106 Å². The van der Waals surface area contributed by atoms with Crippen molar-refractivity contribution in [2.24, 2.45) is 35.3 Å². The molecule has 12 atom stereocenters. The van der Waals surface area contributed by atoms with Gasteiger partial charge in [-0.05, 0) is 83.1 Å². The molecule has 0 radical (unpaired) electrons. The Bertz CT molecular complexity index is 2890. The normalized spacial score (nSPS) is 20.0. The lowest BCUT2D eigenvalue weighted by atomic mass is 9.88. The van der Waals surface area contributed by atoms with Crippen LogP contribution in [0.2, 0.25) is 0 Å². The summed E-state index contributed by atoms with van der Waals surface area (Å²) >= 11 is 0. The summed E-state index contributed by atoms with van der Waals surface area (Å²) in [7, 11) is 0. The molecule has 652 valence electrons. The van der Waals surface area contributed by atoms with Crippen molar-refractivity contribution >= 4 is 70.4 Å². The van der Waals surface area contributed by atoms with E-state index in [0.717, 1.165) is 32.1 Å². The van der Waals surface area contributed by atoms with Gasteiger partial charge in [-0.2, -0.15) is 0 Å². The van der Waals surface area contributed by atoms with Crippen molar-refractivity contribution in [3.63, 3.8) is 0 Å². The zero-order valence-electron chi connectivity index (χ0n) is 69.9. The van der Waals surface area contributed by atoms with Crippen molar-refractivity contribution in [2.75, 3.05) is 125 Å². The van der Waals surface area contributed by atoms with Crippen LogP contribution in [-0.4, -0.2) is 254 Å². The second-order valence-electron chi connectivity index (χ2n) is 29.8. The average Bonchev–Trinajstić information content (AvgIpc) is 1.01. The van der Waals surface area contributed by atoms with Gasteiger partial charge in [-0.1, -0.05) is 137 Å². The minimum Gasteiger partial charge on any atom is -0.393 e. The Labute approximate surface area is 677 Å². The van der Waals surface area contributed by atoms with E-state index in [1.165, 1.54) is 13.8 Å². The number of carbonyl (C=O) groups is 12. The van der Waals surface area contributed by atoms with Crippen molar-refractivity contribution in [1.82, 2.24) is 42.5 Å². The smallest absolute Gasteiger partial charge is 0.243 e. The van der Waals surface area contributed by atoms with Gasteiger partial charge in [0.05, 0.1) is 154 Å². The minimum atomic E-state index is -1.51. The molecule has 31 nitrogen and oxygen atoms in total. The predicted molar refractivity (Wildman–Crippen MR) is 430 cm³/mol. The first kappa shape index (κ1) is 103. The highest BCUT2D eigenvalue weighted by atomic mass is 16.6. The van der Waals surface area contributed by atoms with Gasteiger partial charge in [0.2, 0.25) is 47.3 Å². The molecule has 0 bridgehead atoms. The van der Waals surface area contributed by atoms with Gasteiger partial charge in [0, 0.05) is 70.0 Å². The molecule has 0 unspecified atom stereocenters. The van der Waals surface area contributed by atoms with Gasteiger partial charge in [0.1, 0.15) is 12.1 Å². The number of aliphatic hydroxyl groups excluding tert-OH is 2. The fourth-order valence-electron chi connectivity index (χ4n) is 12.9. The molecule has 0 aromatic heterocycles. The third-order valence-electron chi connectivity index (χ3n) is 19.4. The Morgan fingerprint density at radius 1 is 0.491 bits per heavy atom. The van der Waals surface area contributed by atoms with E-state index in [2.05, 4.69) is 49.5 Å². The van der Waals surface area contributed by atoms with Crippen molar-refractivity contribution in [3.8, 4) is 0 Å². The highest BCUT2D eigenvalue weighted by Gasteiger charge is 2.38. The first-order valence-electron chi connectivity index (χ1n) is 42.0. The highest BCUT2D eigenvalue weighted by Crippen LogP contribution is 2.23. The van der Waals surface area contributed by atoms with E-state index in [1.807, 2.05) is 27.7 Å². The maximum atomic E-state index is 15.2. The molecular formula is C83H143N9O22. The van der Waals surface area contributed by atoms with E-state index in [4.69, 9.17) is 43.6 Å². The molecule has 1 heterocycles. The first-order chi connectivity index (χ1) is 54.8. The number of nitrogens with one attached hydrogen (secondary N) is 8. The second-order valence-corrected chi connectivity index (χ2v) is 29.8. The van der Waals surface area contributed by atoms with Crippen LogP contribution >= 0.6 is 0 Å². The molecule has 0 saturated carbocycles. The van der Waals surface area contributed by atoms with Crippen LogP contribution in [0.25, 0.3) is 0 Å². The van der Waals surface area contributed by atoms with Crippen LogP contribution in [0.5, 0.6) is 0 Å². The minimum absolute atomic E-state index is 0.0124. The van der Waals surface area contributed by atoms with Crippen molar-refractivity contribution in [3.05, 3.63) is 35.9 Å². The highest BCUT2D eigenvalue weighted by molar-refractivity contribution is 5.99. The number of amides is 8. The van der Waals surface area contributed by atoms with Gasteiger partial charge in [-0.15, -0.1) is 0 Å². The summed E-state index contributed by atoms with van der Waals surface area (Å²) in [6, 6.07) is 1.68. The zero-order valence-corrected chi connectivity index (χ0v) is 69.9. The van der Waals surface area contributed by atoms with E-state index in [-0.39, 0.29) is 116 Å². The molecule has 1 aromatic rings. The summed E-state index contributed by atoms with van der Waals surface area (Å²) in [5.74, 6) is -13.3. The van der Waals surface area contributed by atoms with Gasteiger partial charge in [-0.3, -0.25) is 57.5 Å². The molecule has 114 heavy (non-hydrogen) atoms. The predicted octanol–water partition coefficient (Wildman–Crippen LogP) is 4.71. The van der Waals surface area contributed by atoms with Crippen LogP contribution < -0.4 is 48.3 Å². The van der Waals surface area contributed by atoms with Crippen molar-refractivity contribution in [1.29, 1.82) is 0 Å². The number of rotatable bonds is 59. The Morgan fingerprint density at radius 2 is 0.965 bits per heavy atom. The topological polar surface area (TPSA) is 441 Å². The van der Waals surface area contributed by atoms with E-state index in [1.54, 1.807) is 44.2 Å². The number of carbonyl (C=O) groups excluding carboxylic acids is 12. The third kappa shape index (κ3) is 46.8. The first-order valence-corrected chi connectivity index (χ1v) is 42.0.